The normalized spacial score (nSPS) is 10.7. The van der Waals surface area contributed by atoms with Gasteiger partial charge in [-0.2, -0.15) is 0 Å². The fourth-order valence-corrected chi connectivity index (χ4v) is 3.88. The van der Waals surface area contributed by atoms with E-state index in [1.807, 2.05) is 67.6 Å². The zero-order valence-corrected chi connectivity index (χ0v) is 16.9. The summed E-state index contributed by atoms with van der Waals surface area (Å²) in [6.07, 6.45) is 0. The molecule has 128 valence electrons. The molecule has 0 aliphatic carbocycles. The molecule has 0 amide bonds. The highest BCUT2D eigenvalue weighted by atomic mass is 79.9. The molecule has 0 saturated carbocycles. The van der Waals surface area contributed by atoms with E-state index in [2.05, 4.69) is 31.9 Å². The second kappa shape index (κ2) is 8.02. The van der Waals surface area contributed by atoms with Gasteiger partial charge in [0.25, 0.3) is 5.56 Å². The zero-order valence-electron chi connectivity index (χ0n) is 13.7. The lowest BCUT2D eigenvalue weighted by atomic mass is 10.2. The van der Waals surface area contributed by atoms with Crippen molar-refractivity contribution in [1.82, 2.24) is 4.57 Å². The van der Waals surface area contributed by atoms with Gasteiger partial charge in [-0.15, -0.1) is 0 Å². The minimum Gasteiger partial charge on any atom is -0.486 e. The van der Waals surface area contributed by atoms with Crippen LogP contribution < -0.4 is 10.3 Å². The molecular formula is C20H17Br2NO2. The first-order valence-electron chi connectivity index (χ1n) is 7.87. The molecule has 0 atom stereocenters. The number of benzene rings is 2. The summed E-state index contributed by atoms with van der Waals surface area (Å²) in [4.78, 5) is 12.8. The van der Waals surface area contributed by atoms with E-state index in [1.54, 1.807) is 4.57 Å². The molecule has 1 heterocycles. The van der Waals surface area contributed by atoms with Gasteiger partial charge < -0.3 is 9.30 Å². The minimum atomic E-state index is -0.104. The van der Waals surface area contributed by atoms with E-state index in [4.69, 9.17) is 4.74 Å². The van der Waals surface area contributed by atoms with Gasteiger partial charge in [0, 0.05) is 5.69 Å². The Morgan fingerprint density at radius 1 is 0.880 bits per heavy atom. The summed E-state index contributed by atoms with van der Waals surface area (Å²) in [6, 6.07) is 19.8. The Labute approximate surface area is 163 Å². The lowest BCUT2D eigenvalue weighted by Gasteiger charge is -2.17. The number of nitrogens with zero attached hydrogens (tertiary/aromatic N) is 1. The molecule has 5 heteroatoms. The first-order valence-corrected chi connectivity index (χ1v) is 9.45. The molecule has 0 spiro atoms. The van der Waals surface area contributed by atoms with Crippen LogP contribution in [0.3, 0.4) is 0 Å². The second-order valence-electron chi connectivity index (χ2n) is 5.69. The minimum absolute atomic E-state index is 0.104. The van der Waals surface area contributed by atoms with Crippen molar-refractivity contribution in [3.05, 3.63) is 96.8 Å². The maximum Gasteiger partial charge on any atom is 0.269 e. The number of pyridine rings is 1. The SMILES string of the molecule is Cc1c(Br)c(OCc2ccccc2)c(Br)c(=O)n1Cc1ccccc1. The van der Waals surface area contributed by atoms with Crippen LogP contribution in [0.2, 0.25) is 0 Å². The smallest absolute Gasteiger partial charge is 0.269 e. The number of hydrogen-bond donors (Lipinski definition) is 0. The third kappa shape index (κ3) is 4.05. The highest BCUT2D eigenvalue weighted by Crippen LogP contribution is 2.34. The van der Waals surface area contributed by atoms with Crippen molar-refractivity contribution in [2.75, 3.05) is 0 Å². The highest BCUT2D eigenvalue weighted by Gasteiger charge is 2.18. The molecule has 3 rings (SSSR count). The number of hydrogen-bond acceptors (Lipinski definition) is 2. The fraction of sp³-hybridized carbons (Fsp3) is 0.150. The second-order valence-corrected chi connectivity index (χ2v) is 7.28. The summed E-state index contributed by atoms with van der Waals surface area (Å²) in [5, 5.41) is 0. The van der Waals surface area contributed by atoms with E-state index in [0.29, 0.717) is 23.4 Å². The number of rotatable bonds is 5. The molecule has 0 fully saturated rings. The molecule has 3 aromatic rings. The molecule has 0 bridgehead atoms. The van der Waals surface area contributed by atoms with Gasteiger partial charge in [-0.05, 0) is 49.9 Å². The van der Waals surface area contributed by atoms with E-state index in [0.717, 1.165) is 21.3 Å². The van der Waals surface area contributed by atoms with Crippen LogP contribution in [0.15, 0.2) is 74.4 Å². The van der Waals surface area contributed by atoms with Crippen LogP contribution in [0.25, 0.3) is 0 Å². The Bertz CT molecular complexity index is 922. The van der Waals surface area contributed by atoms with Crippen LogP contribution in [-0.4, -0.2) is 4.57 Å². The summed E-state index contributed by atoms with van der Waals surface area (Å²) < 4.78 is 8.86. The Balaban J connectivity index is 1.92. The molecular weight excluding hydrogens is 446 g/mol. The molecule has 0 N–H and O–H groups in total. The average Bonchev–Trinajstić information content (AvgIpc) is 2.65. The summed E-state index contributed by atoms with van der Waals surface area (Å²) >= 11 is 7.00. The van der Waals surface area contributed by atoms with Crippen molar-refractivity contribution in [3.8, 4) is 5.75 Å². The van der Waals surface area contributed by atoms with Gasteiger partial charge in [0.2, 0.25) is 0 Å². The molecule has 0 aliphatic rings. The van der Waals surface area contributed by atoms with Gasteiger partial charge in [-0.1, -0.05) is 60.7 Å². The topological polar surface area (TPSA) is 31.2 Å². The Hall–Kier alpha value is -1.85. The molecule has 0 radical (unpaired) electrons. The number of halogens is 2. The van der Waals surface area contributed by atoms with Crippen LogP contribution in [0.1, 0.15) is 16.8 Å². The van der Waals surface area contributed by atoms with E-state index in [-0.39, 0.29) is 5.56 Å². The summed E-state index contributed by atoms with van der Waals surface area (Å²) in [5.41, 5.74) is 2.85. The molecule has 3 nitrogen and oxygen atoms in total. The van der Waals surface area contributed by atoms with Crippen molar-refractivity contribution in [3.63, 3.8) is 0 Å². The average molecular weight is 463 g/mol. The standard InChI is InChI=1S/C20H17Br2NO2/c1-14-17(21)19(25-13-16-10-6-3-7-11-16)18(22)20(24)23(14)12-15-8-4-2-5-9-15/h2-11H,12-13H2,1H3. The monoisotopic (exact) mass is 461 g/mol. The van der Waals surface area contributed by atoms with Crippen molar-refractivity contribution in [1.29, 1.82) is 0 Å². The molecule has 0 saturated heterocycles. The first kappa shape index (κ1) is 18.0. The van der Waals surface area contributed by atoms with Crippen molar-refractivity contribution < 1.29 is 4.74 Å². The Kier molecular flexibility index (Phi) is 5.76. The van der Waals surface area contributed by atoms with Crippen molar-refractivity contribution >= 4 is 31.9 Å². The molecule has 25 heavy (non-hydrogen) atoms. The number of ether oxygens (including phenoxy) is 1. The molecule has 2 aromatic carbocycles. The first-order chi connectivity index (χ1) is 12.1. The largest absolute Gasteiger partial charge is 0.486 e. The Morgan fingerprint density at radius 3 is 2.04 bits per heavy atom. The zero-order chi connectivity index (χ0) is 17.8. The lowest BCUT2D eigenvalue weighted by Crippen LogP contribution is -2.25. The fourth-order valence-electron chi connectivity index (χ4n) is 2.56. The van der Waals surface area contributed by atoms with Crippen LogP contribution in [0.5, 0.6) is 5.75 Å². The van der Waals surface area contributed by atoms with Crippen molar-refractivity contribution in [2.45, 2.75) is 20.1 Å². The van der Waals surface area contributed by atoms with E-state index >= 15 is 0 Å². The summed E-state index contributed by atoms with van der Waals surface area (Å²) in [7, 11) is 0. The van der Waals surface area contributed by atoms with E-state index < -0.39 is 0 Å². The quantitative estimate of drug-likeness (QED) is 0.514. The van der Waals surface area contributed by atoms with Crippen LogP contribution in [-0.2, 0) is 13.2 Å². The maximum absolute atomic E-state index is 12.8. The predicted octanol–water partition coefficient (Wildman–Crippen LogP) is 5.31. The predicted molar refractivity (Wildman–Crippen MR) is 107 cm³/mol. The van der Waals surface area contributed by atoms with Crippen LogP contribution in [0, 0.1) is 6.92 Å². The lowest BCUT2D eigenvalue weighted by molar-refractivity contribution is 0.300. The van der Waals surface area contributed by atoms with Crippen LogP contribution >= 0.6 is 31.9 Å². The molecule has 1 aromatic heterocycles. The van der Waals surface area contributed by atoms with Gasteiger partial charge in [0.05, 0.1) is 11.0 Å². The number of aromatic nitrogens is 1. The van der Waals surface area contributed by atoms with E-state index in [1.165, 1.54) is 0 Å². The molecule has 0 aliphatic heterocycles. The highest BCUT2D eigenvalue weighted by molar-refractivity contribution is 9.11. The third-order valence-electron chi connectivity index (χ3n) is 3.96. The van der Waals surface area contributed by atoms with Gasteiger partial charge in [-0.3, -0.25) is 4.79 Å². The summed E-state index contributed by atoms with van der Waals surface area (Å²) in [6.45, 7) is 2.83. The van der Waals surface area contributed by atoms with Gasteiger partial charge in [-0.25, -0.2) is 0 Å². The maximum atomic E-state index is 12.8. The molecule has 0 unspecified atom stereocenters. The van der Waals surface area contributed by atoms with Gasteiger partial charge in [0.15, 0.2) is 5.75 Å². The van der Waals surface area contributed by atoms with Crippen molar-refractivity contribution in [2.24, 2.45) is 0 Å². The van der Waals surface area contributed by atoms with Crippen LogP contribution in [0.4, 0.5) is 0 Å². The Morgan fingerprint density at radius 2 is 1.44 bits per heavy atom. The third-order valence-corrected chi connectivity index (χ3v) is 5.60. The summed E-state index contributed by atoms with van der Waals surface area (Å²) in [5.74, 6) is 0.538. The van der Waals surface area contributed by atoms with Gasteiger partial charge in [0.1, 0.15) is 11.1 Å². The van der Waals surface area contributed by atoms with Gasteiger partial charge >= 0.3 is 0 Å². The van der Waals surface area contributed by atoms with E-state index in [9.17, 15) is 4.79 Å².